The Balaban J connectivity index is 0.00000158. The van der Waals surface area contributed by atoms with Crippen LogP contribution in [0.3, 0.4) is 0 Å². The van der Waals surface area contributed by atoms with Crippen LogP contribution in [0.5, 0.6) is 0 Å². The summed E-state index contributed by atoms with van der Waals surface area (Å²) in [6, 6.07) is 7.43. The third kappa shape index (κ3) is 6.86. The largest absolute Gasteiger partial charge is 0.307 e. The molecule has 0 aliphatic heterocycles. The fraction of sp³-hybridized carbons (Fsp3) is 0.455. The SMILES string of the molecule is CI.Cc1nc(Nc2nc(-c3ccccc3Cl)nc(C3CCC(NS(C)(=O)=O)CC3)c2C)n[nH]1. The van der Waals surface area contributed by atoms with Gasteiger partial charge in [0.15, 0.2) is 5.82 Å². The maximum absolute atomic E-state index is 11.6. The summed E-state index contributed by atoms with van der Waals surface area (Å²) in [5.41, 5.74) is 2.60. The van der Waals surface area contributed by atoms with Crippen molar-refractivity contribution in [1.29, 1.82) is 0 Å². The number of nitrogens with one attached hydrogen (secondary N) is 3. The number of H-pyrrole nitrogens is 1. The molecular weight excluding hydrogens is 589 g/mol. The molecule has 0 radical (unpaired) electrons. The Hall–Kier alpha value is -1.83. The molecule has 1 fully saturated rings. The molecule has 3 aromatic rings. The molecule has 4 rings (SSSR count). The van der Waals surface area contributed by atoms with Crippen molar-refractivity contribution in [1.82, 2.24) is 29.9 Å². The first-order valence-electron chi connectivity index (χ1n) is 10.8. The fourth-order valence-electron chi connectivity index (χ4n) is 4.11. The molecule has 9 nitrogen and oxygen atoms in total. The van der Waals surface area contributed by atoms with E-state index < -0.39 is 10.0 Å². The number of rotatable bonds is 6. The van der Waals surface area contributed by atoms with Crippen LogP contribution in [0.1, 0.15) is 48.7 Å². The lowest BCUT2D eigenvalue weighted by atomic mass is 9.83. The zero-order valence-corrected chi connectivity index (χ0v) is 23.3. The van der Waals surface area contributed by atoms with Crippen molar-refractivity contribution in [2.24, 2.45) is 0 Å². The minimum atomic E-state index is -3.22. The van der Waals surface area contributed by atoms with Crippen LogP contribution in [-0.2, 0) is 10.0 Å². The molecule has 0 saturated heterocycles. The molecule has 12 heteroatoms. The highest BCUT2D eigenvalue weighted by atomic mass is 127. The predicted molar refractivity (Wildman–Crippen MR) is 145 cm³/mol. The number of hydrogen-bond donors (Lipinski definition) is 3. The molecule has 0 spiro atoms. The maximum atomic E-state index is 11.6. The van der Waals surface area contributed by atoms with Gasteiger partial charge in [-0.1, -0.05) is 46.3 Å². The molecule has 1 saturated carbocycles. The van der Waals surface area contributed by atoms with Crippen molar-refractivity contribution < 1.29 is 8.42 Å². The number of hydrogen-bond acceptors (Lipinski definition) is 7. The summed E-state index contributed by atoms with van der Waals surface area (Å²) in [4.78, 5) is 15.9. The van der Waals surface area contributed by atoms with Crippen LogP contribution in [0.15, 0.2) is 24.3 Å². The van der Waals surface area contributed by atoms with E-state index >= 15 is 0 Å². The topological polar surface area (TPSA) is 126 Å². The van der Waals surface area contributed by atoms with E-state index in [-0.39, 0.29) is 12.0 Å². The number of halogens is 2. The predicted octanol–water partition coefficient (Wildman–Crippen LogP) is 4.90. The second kappa shape index (κ2) is 11.7. The van der Waals surface area contributed by atoms with Crippen molar-refractivity contribution >= 4 is 56.0 Å². The van der Waals surface area contributed by atoms with E-state index in [2.05, 4.69) is 47.8 Å². The fourth-order valence-corrected chi connectivity index (χ4v) is 5.17. The van der Waals surface area contributed by atoms with Crippen LogP contribution in [0.25, 0.3) is 11.4 Å². The summed E-state index contributed by atoms with van der Waals surface area (Å²) in [6.07, 6.45) is 4.36. The van der Waals surface area contributed by atoms with Crippen molar-refractivity contribution in [2.75, 3.05) is 16.5 Å². The van der Waals surface area contributed by atoms with Gasteiger partial charge in [0.25, 0.3) is 0 Å². The van der Waals surface area contributed by atoms with Gasteiger partial charge >= 0.3 is 0 Å². The number of aromatic amines is 1. The summed E-state index contributed by atoms with van der Waals surface area (Å²) < 4.78 is 25.9. The highest BCUT2D eigenvalue weighted by Gasteiger charge is 2.28. The second-order valence-electron chi connectivity index (χ2n) is 8.19. The molecule has 34 heavy (non-hydrogen) atoms. The smallest absolute Gasteiger partial charge is 0.247 e. The Morgan fingerprint density at radius 2 is 1.74 bits per heavy atom. The number of benzene rings is 1. The van der Waals surface area contributed by atoms with E-state index in [1.165, 1.54) is 6.26 Å². The van der Waals surface area contributed by atoms with Crippen molar-refractivity contribution in [3.8, 4) is 11.4 Å². The quantitative estimate of drug-likeness (QED) is 0.265. The van der Waals surface area contributed by atoms with Crippen molar-refractivity contribution in [3.63, 3.8) is 0 Å². The monoisotopic (exact) mass is 617 g/mol. The molecule has 0 unspecified atom stereocenters. The van der Waals surface area contributed by atoms with Crippen molar-refractivity contribution in [2.45, 2.75) is 51.5 Å². The lowest BCUT2D eigenvalue weighted by molar-refractivity contribution is 0.369. The zero-order valence-electron chi connectivity index (χ0n) is 19.6. The van der Waals surface area contributed by atoms with Gasteiger partial charge in [-0.3, -0.25) is 5.10 Å². The number of nitrogens with zero attached hydrogens (tertiary/aromatic N) is 4. The molecule has 0 bridgehead atoms. The van der Waals surface area contributed by atoms with Crippen LogP contribution in [-0.4, -0.2) is 50.8 Å². The van der Waals surface area contributed by atoms with Crippen LogP contribution < -0.4 is 10.0 Å². The van der Waals surface area contributed by atoms with E-state index in [9.17, 15) is 8.42 Å². The first-order valence-corrected chi connectivity index (χ1v) is 15.3. The molecule has 1 aliphatic carbocycles. The first-order chi connectivity index (χ1) is 16.2. The summed E-state index contributed by atoms with van der Waals surface area (Å²) in [5.74, 6) is 2.47. The third-order valence-electron chi connectivity index (χ3n) is 5.62. The number of aryl methyl sites for hydroxylation is 1. The lowest BCUT2D eigenvalue weighted by Crippen LogP contribution is -2.36. The zero-order chi connectivity index (χ0) is 24.9. The maximum Gasteiger partial charge on any atom is 0.247 e. The Labute approximate surface area is 219 Å². The molecule has 2 aromatic heterocycles. The van der Waals surface area contributed by atoms with E-state index in [4.69, 9.17) is 21.6 Å². The minimum absolute atomic E-state index is 0.0414. The average Bonchev–Trinajstić information content (AvgIpc) is 3.21. The highest BCUT2D eigenvalue weighted by molar-refractivity contribution is 14.1. The number of sulfonamides is 1. The Kier molecular flexibility index (Phi) is 9.24. The molecule has 1 aliphatic rings. The molecular formula is C22H29ClIN7O2S. The minimum Gasteiger partial charge on any atom is -0.307 e. The first kappa shape index (κ1) is 26.8. The van der Waals surface area contributed by atoms with Gasteiger partial charge in [0, 0.05) is 23.1 Å². The van der Waals surface area contributed by atoms with Gasteiger partial charge in [-0.25, -0.2) is 23.1 Å². The Morgan fingerprint density at radius 1 is 1.06 bits per heavy atom. The Morgan fingerprint density at radius 3 is 2.32 bits per heavy atom. The van der Waals surface area contributed by atoms with Gasteiger partial charge in [-0.2, -0.15) is 4.98 Å². The Bertz CT molecular complexity index is 1230. The number of anilines is 2. The van der Waals surface area contributed by atoms with Crippen LogP contribution in [0.2, 0.25) is 5.02 Å². The van der Waals surface area contributed by atoms with Crippen molar-refractivity contribution in [3.05, 3.63) is 46.4 Å². The number of aromatic nitrogens is 5. The molecule has 184 valence electrons. The standard InChI is InChI=1S/C21H26ClN7O2S.CH3I/c1-12-18(14-8-10-15(11-9-14)29-32(3,30)31)24-20(16-6-4-5-7-17(16)22)25-19(12)26-21-23-13(2)27-28-21;1-2/h4-7,14-15,29H,8-11H2,1-3H3,(H2,23,24,25,26,27,28);1H3. The van der Waals surface area contributed by atoms with Crippen LogP contribution in [0, 0.1) is 13.8 Å². The van der Waals surface area contributed by atoms with Gasteiger partial charge in [0.05, 0.1) is 17.0 Å². The van der Waals surface area contributed by atoms with Gasteiger partial charge in [0.2, 0.25) is 16.0 Å². The summed E-state index contributed by atoms with van der Waals surface area (Å²) in [5, 5.41) is 10.8. The number of alkyl halides is 1. The van der Waals surface area contributed by atoms with Gasteiger partial charge < -0.3 is 5.32 Å². The average molecular weight is 618 g/mol. The second-order valence-corrected chi connectivity index (χ2v) is 10.4. The van der Waals surface area contributed by atoms with Gasteiger partial charge in [-0.05, 0) is 56.6 Å². The van der Waals surface area contributed by atoms with Crippen LogP contribution >= 0.6 is 34.2 Å². The summed E-state index contributed by atoms with van der Waals surface area (Å²) in [6.45, 7) is 3.81. The van der Waals surface area contributed by atoms with E-state index in [0.717, 1.165) is 42.5 Å². The summed E-state index contributed by atoms with van der Waals surface area (Å²) >= 11 is 8.59. The molecule has 3 N–H and O–H groups in total. The van der Waals surface area contributed by atoms with Gasteiger partial charge in [-0.15, -0.1) is 5.10 Å². The summed E-state index contributed by atoms with van der Waals surface area (Å²) in [7, 11) is -3.22. The van der Waals surface area contributed by atoms with E-state index in [1.807, 2.05) is 43.0 Å². The normalized spacial score (nSPS) is 18.2. The lowest BCUT2D eigenvalue weighted by Gasteiger charge is -2.29. The van der Waals surface area contributed by atoms with E-state index in [1.54, 1.807) is 0 Å². The molecule has 0 amide bonds. The van der Waals surface area contributed by atoms with E-state index in [0.29, 0.717) is 28.4 Å². The van der Waals surface area contributed by atoms with Gasteiger partial charge in [0.1, 0.15) is 11.6 Å². The molecule has 1 aromatic carbocycles. The molecule has 2 heterocycles. The third-order valence-corrected chi connectivity index (χ3v) is 6.71. The van der Waals surface area contributed by atoms with Crippen LogP contribution in [0.4, 0.5) is 11.8 Å². The highest BCUT2D eigenvalue weighted by Crippen LogP contribution is 2.37. The molecule has 0 atom stereocenters.